The van der Waals surface area contributed by atoms with Gasteiger partial charge in [0, 0.05) is 24.1 Å². The fourth-order valence-corrected chi connectivity index (χ4v) is 3.48. The van der Waals surface area contributed by atoms with E-state index in [1.54, 1.807) is 0 Å². The van der Waals surface area contributed by atoms with Gasteiger partial charge in [-0.2, -0.15) is 0 Å². The Morgan fingerprint density at radius 1 is 1.25 bits per heavy atom. The van der Waals surface area contributed by atoms with Gasteiger partial charge in [-0.05, 0) is 49.8 Å². The summed E-state index contributed by atoms with van der Waals surface area (Å²) < 4.78 is 0. The minimum atomic E-state index is -0.199. The van der Waals surface area contributed by atoms with Crippen molar-refractivity contribution in [3.05, 3.63) is 34.9 Å². The van der Waals surface area contributed by atoms with Gasteiger partial charge >= 0.3 is 0 Å². The van der Waals surface area contributed by atoms with Crippen molar-refractivity contribution in [1.82, 2.24) is 4.90 Å². The molecule has 0 aromatic heterocycles. The molecule has 0 bridgehead atoms. The first-order valence-electron chi connectivity index (χ1n) is 7.26. The molecule has 1 aromatic carbocycles. The number of amides is 2. The van der Waals surface area contributed by atoms with Crippen LogP contribution in [0.15, 0.2) is 18.2 Å². The second kappa shape index (κ2) is 4.93. The van der Waals surface area contributed by atoms with Crippen molar-refractivity contribution in [1.29, 1.82) is 0 Å². The van der Waals surface area contributed by atoms with Gasteiger partial charge in [-0.15, -0.1) is 0 Å². The maximum atomic E-state index is 12.5. The predicted octanol–water partition coefficient (Wildman–Crippen LogP) is 1.99. The summed E-state index contributed by atoms with van der Waals surface area (Å²) in [4.78, 5) is 25.7. The smallest absolute Gasteiger partial charge is 0.254 e. The van der Waals surface area contributed by atoms with Crippen LogP contribution in [-0.4, -0.2) is 22.8 Å². The maximum absolute atomic E-state index is 12.5. The Kier molecular flexibility index (Phi) is 3.24. The van der Waals surface area contributed by atoms with Crippen molar-refractivity contribution < 1.29 is 9.59 Å². The van der Waals surface area contributed by atoms with Crippen LogP contribution in [0.5, 0.6) is 0 Å². The molecule has 1 saturated carbocycles. The normalized spacial score (nSPS) is 25.6. The van der Waals surface area contributed by atoms with E-state index in [4.69, 9.17) is 5.73 Å². The molecule has 2 N–H and O–H groups in total. The van der Waals surface area contributed by atoms with Gasteiger partial charge in [0.1, 0.15) is 0 Å². The Morgan fingerprint density at radius 2 is 1.95 bits per heavy atom. The summed E-state index contributed by atoms with van der Waals surface area (Å²) >= 11 is 0. The van der Waals surface area contributed by atoms with Gasteiger partial charge in [0.05, 0.1) is 0 Å². The molecule has 0 spiro atoms. The standard InChI is InChI=1S/C16H20N2O2/c1-10-3-2-4-13-14(10)9-18(16(13)20)12-7-5-11(6-8-12)15(17)19/h2-4,11-12H,5-9H2,1H3,(H2,17,19). The number of nitrogens with zero attached hydrogens (tertiary/aromatic N) is 1. The van der Waals surface area contributed by atoms with E-state index in [0.29, 0.717) is 6.54 Å². The number of fused-ring (bicyclic) bond motifs is 1. The van der Waals surface area contributed by atoms with Crippen molar-refractivity contribution in [2.75, 3.05) is 0 Å². The molecule has 4 nitrogen and oxygen atoms in total. The monoisotopic (exact) mass is 272 g/mol. The second-order valence-electron chi connectivity index (χ2n) is 5.94. The van der Waals surface area contributed by atoms with E-state index in [0.717, 1.165) is 36.8 Å². The number of aryl methyl sites for hydroxylation is 1. The van der Waals surface area contributed by atoms with Crippen LogP contribution in [0.2, 0.25) is 0 Å². The van der Waals surface area contributed by atoms with Crippen LogP contribution in [0.4, 0.5) is 0 Å². The molecular formula is C16H20N2O2. The SMILES string of the molecule is Cc1cccc2c1CN(C1CCC(C(N)=O)CC1)C2=O. The van der Waals surface area contributed by atoms with Crippen molar-refractivity contribution in [2.24, 2.45) is 11.7 Å². The summed E-state index contributed by atoms with van der Waals surface area (Å²) in [6.45, 7) is 2.77. The van der Waals surface area contributed by atoms with E-state index in [1.807, 2.05) is 17.0 Å². The summed E-state index contributed by atoms with van der Waals surface area (Å²) in [5, 5.41) is 0. The van der Waals surface area contributed by atoms with Gasteiger partial charge in [-0.1, -0.05) is 12.1 Å². The molecule has 2 amide bonds. The highest BCUT2D eigenvalue weighted by molar-refractivity contribution is 5.99. The molecule has 4 heteroatoms. The average molecular weight is 272 g/mol. The molecule has 3 rings (SSSR count). The maximum Gasteiger partial charge on any atom is 0.254 e. The van der Waals surface area contributed by atoms with Gasteiger partial charge in [0.15, 0.2) is 0 Å². The molecule has 0 unspecified atom stereocenters. The number of nitrogens with two attached hydrogens (primary N) is 1. The third-order valence-corrected chi connectivity index (χ3v) is 4.77. The molecule has 1 aliphatic carbocycles. The molecule has 1 aliphatic heterocycles. The zero-order valence-electron chi connectivity index (χ0n) is 11.8. The minimum absolute atomic E-state index is 0.00642. The molecule has 0 saturated heterocycles. The Hall–Kier alpha value is -1.84. The molecule has 1 heterocycles. The number of carbonyl (C=O) groups excluding carboxylic acids is 2. The first kappa shape index (κ1) is 13.2. The Balaban J connectivity index is 1.74. The molecule has 20 heavy (non-hydrogen) atoms. The van der Waals surface area contributed by atoms with Gasteiger partial charge < -0.3 is 10.6 Å². The Labute approximate surface area is 118 Å². The lowest BCUT2D eigenvalue weighted by Gasteiger charge is -2.33. The molecular weight excluding hydrogens is 252 g/mol. The lowest BCUT2D eigenvalue weighted by Crippen LogP contribution is -2.40. The molecule has 0 atom stereocenters. The molecule has 1 aromatic rings. The Bertz CT molecular complexity index is 560. The lowest BCUT2D eigenvalue weighted by molar-refractivity contribution is -0.123. The zero-order chi connectivity index (χ0) is 14.3. The van der Waals surface area contributed by atoms with Crippen LogP contribution in [0, 0.1) is 12.8 Å². The van der Waals surface area contributed by atoms with E-state index in [2.05, 4.69) is 13.0 Å². The third kappa shape index (κ3) is 2.09. The third-order valence-electron chi connectivity index (χ3n) is 4.77. The summed E-state index contributed by atoms with van der Waals surface area (Å²) in [6, 6.07) is 6.17. The number of hydrogen-bond donors (Lipinski definition) is 1. The van der Waals surface area contributed by atoms with Crippen molar-refractivity contribution in [2.45, 2.75) is 45.2 Å². The number of carbonyl (C=O) groups is 2. The molecule has 1 fully saturated rings. The van der Waals surface area contributed by atoms with Crippen LogP contribution in [0.1, 0.15) is 47.2 Å². The average Bonchev–Trinajstić information content (AvgIpc) is 2.78. The van der Waals surface area contributed by atoms with Gasteiger partial charge in [-0.3, -0.25) is 9.59 Å². The summed E-state index contributed by atoms with van der Waals surface area (Å²) in [7, 11) is 0. The topological polar surface area (TPSA) is 63.4 Å². The van der Waals surface area contributed by atoms with Crippen molar-refractivity contribution in [3.8, 4) is 0 Å². The quantitative estimate of drug-likeness (QED) is 0.895. The lowest BCUT2D eigenvalue weighted by atomic mass is 9.85. The second-order valence-corrected chi connectivity index (χ2v) is 5.94. The zero-order valence-corrected chi connectivity index (χ0v) is 11.8. The summed E-state index contributed by atoms with van der Waals surface area (Å²) in [5.74, 6) is -0.0605. The summed E-state index contributed by atoms with van der Waals surface area (Å²) in [5.41, 5.74) is 8.56. The molecule has 2 aliphatic rings. The van der Waals surface area contributed by atoms with Crippen LogP contribution < -0.4 is 5.73 Å². The number of rotatable bonds is 2. The van der Waals surface area contributed by atoms with Crippen LogP contribution >= 0.6 is 0 Å². The van der Waals surface area contributed by atoms with Crippen LogP contribution in [0.25, 0.3) is 0 Å². The van der Waals surface area contributed by atoms with Crippen molar-refractivity contribution in [3.63, 3.8) is 0 Å². The van der Waals surface area contributed by atoms with E-state index in [-0.39, 0.29) is 23.8 Å². The van der Waals surface area contributed by atoms with E-state index >= 15 is 0 Å². The highest BCUT2D eigenvalue weighted by Crippen LogP contribution is 2.33. The first-order valence-corrected chi connectivity index (χ1v) is 7.26. The highest BCUT2D eigenvalue weighted by atomic mass is 16.2. The van der Waals surface area contributed by atoms with E-state index in [9.17, 15) is 9.59 Å². The summed E-state index contributed by atoms with van der Waals surface area (Å²) in [6.07, 6.45) is 3.37. The van der Waals surface area contributed by atoms with Gasteiger partial charge in [-0.25, -0.2) is 0 Å². The number of hydrogen-bond acceptors (Lipinski definition) is 2. The number of primary amides is 1. The van der Waals surface area contributed by atoms with Crippen LogP contribution in [0.3, 0.4) is 0 Å². The minimum Gasteiger partial charge on any atom is -0.369 e. The van der Waals surface area contributed by atoms with E-state index in [1.165, 1.54) is 5.56 Å². The van der Waals surface area contributed by atoms with Crippen molar-refractivity contribution >= 4 is 11.8 Å². The predicted molar refractivity (Wildman–Crippen MR) is 76.0 cm³/mol. The fourth-order valence-electron chi connectivity index (χ4n) is 3.48. The fraction of sp³-hybridized carbons (Fsp3) is 0.500. The van der Waals surface area contributed by atoms with E-state index < -0.39 is 0 Å². The number of benzene rings is 1. The molecule has 106 valence electrons. The largest absolute Gasteiger partial charge is 0.369 e. The van der Waals surface area contributed by atoms with Gasteiger partial charge in [0.25, 0.3) is 5.91 Å². The van der Waals surface area contributed by atoms with Crippen LogP contribution in [-0.2, 0) is 11.3 Å². The van der Waals surface area contributed by atoms with Gasteiger partial charge in [0.2, 0.25) is 5.91 Å². The Morgan fingerprint density at radius 3 is 2.55 bits per heavy atom. The molecule has 0 radical (unpaired) electrons. The first-order chi connectivity index (χ1) is 9.58. The highest BCUT2D eigenvalue weighted by Gasteiger charge is 2.36.